The average Bonchev–Trinajstić information content (AvgIpc) is 3.10. The number of aromatic nitrogens is 1. The third-order valence-corrected chi connectivity index (χ3v) is 6.33. The third kappa shape index (κ3) is 8.64. The molecule has 1 saturated heterocycles. The molecule has 2 N–H and O–H groups in total. The quantitative estimate of drug-likeness (QED) is 0.160. The van der Waals surface area contributed by atoms with Gasteiger partial charge in [-0.25, -0.2) is 9.78 Å². The molecule has 30 heavy (non-hydrogen) atoms. The van der Waals surface area contributed by atoms with E-state index in [-0.39, 0.29) is 36.0 Å². The molecule has 1 aliphatic heterocycles. The van der Waals surface area contributed by atoms with Crippen LogP contribution in [0.15, 0.2) is 4.99 Å². The zero-order valence-electron chi connectivity index (χ0n) is 18.9. The largest absolute Gasteiger partial charge is 0.462 e. The summed E-state index contributed by atoms with van der Waals surface area (Å²) in [5.74, 6) is 0.450. The topological polar surface area (TPSA) is 82.1 Å². The first kappa shape index (κ1) is 27.1. The molecule has 0 amide bonds. The maximum absolute atomic E-state index is 12.0. The van der Waals surface area contributed by atoms with Gasteiger partial charge in [0.15, 0.2) is 5.96 Å². The predicted octanol–water partition coefficient (Wildman–Crippen LogP) is 2.50. The minimum absolute atomic E-state index is 0. The van der Waals surface area contributed by atoms with Crippen LogP contribution in [-0.2, 0) is 4.74 Å². The van der Waals surface area contributed by atoms with E-state index in [2.05, 4.69) is 37.5 Å². The maximum Gasteiger partial charge on any atom is 0.350 e. The van der Waals surface area contributed by atoms with E-state index >= 15 is 0 Å². The lowest BCUT2D eigenvalue weighted by atomic mass is 10.2. The van der Waals surface area contributed by atoms with Gasteiger partial charge < -0.3 is 25.2 Å². The van der Waals surface area contributed by atoms with E-state index in [1.165, 1.54) is 43.9 Å². The van der Waals surface area contributed by atoms with Crippen molar-refractivity contribution >= 4 is 47.2 Å². The number of likely N-dealkylation sites (N-methyl/N-ethyl adjacent to an activating group) is 1. The van der Waals surface area contributed by atoms with E-state index in [4.69, 9.17) is 4.74 Å². The van der Waals surface area contributed by atoms with Gasteiger partial charge in [0.1, 0.15) is 9.88 Å². The van der Waals surface area contributed by atoms with Crippen molar-refractivity contribution in [3.05, 3.63) is 15.6 Å². The maximum atomic E-state index is 12.0. The Morgan fingerprint density at radius 2 is 2.00 bits per heavy atom. The molecule has 10 heteroatoms. The first-order chi connectivity index (χ1) is 13.9. The standard InChI is InChI=1S/C20H36N6O2S.HI/c1-6-28-19(27)17-15(2)23-18(29-17)16(3)24-20(21-4)22-9-7-8-10-26-13-11-25(5)12-14-26;/h16H,6-14H2,1-5H3,(H2,21,22,24);1H. The zero-order chi connectivity index (χ0) is 21.2. The number of aliphatic imine (C=N–C) groups is 1. The minimum atomic E-state index is -0.302. The summed E-state index contributed by atoms with van der Waals surface area (Å²) in [4.78, 5) is 26.3. The van der Waals surface area contributed by atoms with Crippen LogP contribution in [-0.4, -0.2) is 86.7 Å². The Bertz CT molecular complexity index is 676. The molecule has 1 aromatic heterocycles. The molecular weight excluding hydrogens is 515 g/mol. The Labute approximate surface area is 201 Å². The monoisotopic (exact) mass is 552 g/mol. The summed E-state index contributed by atoms with van der Waals surface area (Å²) in [5, 5.41) is 7.59. The number of hydrogen-bond acceptors (Lipinski definition) is 7. The second-order valence-electron chi connectivity index (χ2n) is 7.40. The fourth-order valence-corrected chi connectivity index (χ4v) is 4.15. The number of guanidine groups is 1. The highest BCUT2D eigenvalue weighted by atomic mass is 127. The van der Waals surface area contributed by atoms with Gasteiger partial charge in [-0.2, -0.15) is 0 Å². The molecule has 0 bridgehead atoms. The van der Waals surface area contributed by atoms with E-state index in [1.807, 2.05) is 13.8 Å². The highest BCUT2D eigenvalue weighted by molar-refractivity contribution is 14.0. The van der Waals surface area contributed by atoms with E-state index in [0.717, 1.165) is 30.5 Å². The van der Waals surface area contributed by atoms with Crippen LogP contribution in [0, 0.1) is 6.92 Å². The highest BCUT2D eigenvalue weighted by Crippen LogP contribution is 2.24. The molecule has 1 aromatic rings. The fourth-order valence-electron chi connectivity index (χ4n) is 3.19. The smallest absolute Gasteiger partial charge is 0.350 e. The number of carbonyl (C=O) groups is 1. The lowest BCUT2D eigenvalue weighted by molar-refractivity contribution is 0.0531. The molecule has 172 valence electrons. The second-order valence-corrected chi connectivity index (χ2v) is 8.43. The molecule has 2 rings (SSSR count). The SMILES string of the molecule is CCOC(=O)c1sc(C(C)NC(=NC)NCCCCN2CCN(C)CC2)nc1C.I. The number of hydrogen-bond donors (Lipinski definition) is 2. The summed E-state index contributed by atoms with van der Waals surface area (Å²) in [5.41, 5.74) is 0.712. The summed E-state index contributed by atoms with van der Waals surface area (Å²) in [6.07, 6.45) is 2.28. The van der Waals surface area contributed by atoms with Crippen LogP contribution >= 0.6 is 35.3 Å². The lowest BCUT2D eigenvalue weighted by Gasteiger charge is -2.32. The number of ether oxygens (including phenoxy) is 1. The van der Waals surface area contributed by atoms with Crippen molar-refractivity contribution in [1.82, 2.24) is 25.4 Å². The van der Waals surface area contributed by atoms with Gasteiger partial charge >= 0.3 is 5.97 Å². The number of halogens is 1. The number of nitrogens with one attached hydrogen (secondary N) is 2. The molecule has 0 radical (unpaired) electrons. The number of unbranched alkanes of at least 4 members (excludes halogenated alkanes) is 1. The van der Waals surface area contributed by atoms with Crippen LogP contribution in [0.4, 0.5) is 0 Å². The number of aryl methyl sites for hydroxylation is 1. The first-order valence-corrected chi connectivity index (χ1v) is 11.3. The fraction of sp³-hybridized carbons (Fsp3) is 0.750. The molecule has 0 aliphatic carbocycles. The van der Waals surface area contributed by atoms with Crippen LogP contribution in [0.2, 0.25) is 0 Å². The van der Waals surface area contributed by atoms with Crippen LogP contribution in [0.25, 0.3) is 0 Å². The molecule has 1 fully saturated rings. The van der Waals surface area contributed by atoms with Gasteiger partial charge in [0.2, 0.25) is 0 Å². The lowest BCUT2D eigenvalue weighted by Crippen LogP contribution is -2.44. The van der Waals surface area contributed by atoms with Crippen LogP contribution in [0.5, 0.6) is 0 Å². The molecule has 0 saturated carbocycles. The first-order valence-electron chi connectivity index (χ1n) is 10.5. The Hall–Kier alpha value is -0.980. The van der Waals surface area contributed by atoms with Gasteiger partial charge in [-0.15, -0.1) is 35.3 Å². The van der Waals surface area contributed by atoms with E-state index < -0.39 is 0 Å². The van der Waals surface area contributed by atoms with E-state index in [1.54, 1.807) is 14.0 Å². The van der Waals surface area contributed by atoms with Crippen molar-refractivity contribution in [3.8, 4) is 0 Å². The number of piperazine rings is 1. The molecule has 1 aliphatic rings. The van der Waals surface area contributed by atoms with Crippen molar-refractivity contribution in [2.75, 3.05) is 60.0 Å². The normalized spacial score (nSPS) is 16.6. The van der Waals surface area contributed by atoms with Crippen LogP contribution in [0.3, 0.4) is 0 Å². The van der Waals surface area contributed by atoms with Gasteiger partial charge in [-0.1, -0.05) is 0 Å². The van der Waals surface area contributed by atoms with Crippen LogP contribution < -0.4 is 10.6 Å². The molecule has 0 spiro atoms. The zero-order valence-corrected chi connectivity index (χ0v) is 22.0. The number of esters is 1. The molecule has 0 aromatic carbocycles. The third-order valence-electron chi connectivity index (χ3n) is 5.01. The molecule has 8 nitrogen and oxygen atoms in total. The van der Waals surface area contributed by atoms with Gasteiger partial charge in [-0.3, -0.25) is 4.99 Å². The number of nitrogens with zero attached hydrogens (tertiary/aromatic N) is 4. The highest BCUT2D eigenvalue weighted by Gasteiger charge is 2.20. The van der Waals surface area contributed by atoms with E-state index in [0.29, 0.717) is 17.2 Å². The Kier molecular flexibility index (Phi) is 12.8. The van der Waals surface area contributed by atoms with Gasteiger partial charge in [-0.05, 0) is 47.2 Å². The van der Waals surface area contributed by atoms with Gasteiger partial charge in [0, 0.05) is 39.8 Å². The molecule has 2 heterocycles. The van der Waals surface area contributed by atoms with E-state index in [9.17, 15) is 4.79 Å². The number of thiazole rings is 1. The average molecular weight is 553 g/mol. The molecular formula is C20H37IN6O2S. The number of rotatable bonds is 9. The second kappa shape index (κ2) is 14.2. The van der Waals surface area contributed by atoms with Crippen molar-refractivity contribution in [3.63, 3.8) is 0 Å². The summed E-state index contributed by atoms with van der Waals surface area (Å²) >= 11 is 1.38. The molecule has 1 unspecified atom stereocenters. The summed E-state index contributed by atoms with van der Waals surface area (Å²) in [6, 6.07) is -0.0431. The van der Waals surface area contributed by atoms with Crippen molar-refractivity contribution in [2.24, 2.45) is 4.99 Å². The van der Waals surface area contributed by atoms with Gasteiger partial charge in [0.25, 0.3) is 0 Å². The minimum Gasteiger partial charge on any atom is -0.462 e. The Balaban J connectivity index is 0.00000450. The Morgan fingerprint density at radius 1 is 1.30 bits per heavy atom. The van der Waals surface area contributed by atoms with Crippen molar-refractivity contribution in [2.45, 2.75) is 39.7 Å². The summed E-state index contributed by atoms with van der Waals surface area (Å²) < 4.78 is 5.10. The Morgan fingerprint density at radius 3 is 2.63 bits per heavy atom. The molecule has 1 atom stereocenters. The number of carbonyl (C=O) groups excluding carboxylic acids is 1. The summed E-state index contributed by atoms with van der Waals surface area (Å²) in [7, 11) is 3.95. The van der Waals surface area contributed by atoms with Gasteiger partial charge in [0.05, 0.1) is 18.3 Å². The van der Waals surface area contributed by atoms with Crippen LogP contribution in [0.1, 0.15) is 53.1 Å². The predicted molar refractivity (Wildman–Crippen MR) is 134 cm³/mol. The summed E-state index contributed by atoms with van der Waals surface area (Å²) in [6.45, 7) is 12.8. The van der Waals surface area contributed by atoms with Crippen molar-refractivity contribution < 1.29 is 9.53 Å². The van der Waals surface area contributed by atoms with Crippen molar-refractivity contribution in [1.29, 1.82) is 0 Å².